The lowest BCUT2D eigenvalue weighted by atomic mass is 10.2. The van der Waals surface area contributed by atoms with Crippen molar-refractivity contribution in [3.05, 3.63) is 71.8 Å². The molecule has 0 amide bonds. The minimum absolute atomic E-state index is 0.196. The van der Waals surface area contributed by atoms with Crippen molar-refractivity contribution in [3.8, 4) is 5.75 Å². The zero-order valence-electron chi connectivity index (χ0n) is 10.3. The summed E-state index contributed by atoms with van der Waals surface area (Å²) in [5, 5.41) is 17.2. The Balaban J connectivity index is 1.91. The molecule has 0 saturated heterocycles. The van der Waals surface area contributed by atoms with Crippen LogP contribution in [0.1, 0.15) is 11.1 Å². The maximum absolute atomic E-state index is 9.50. The first-order chi connectivity index (χ1) is 9.36. The second-order valence-electron chi connectivity index (χ2n) is 3.84. The molecular formula is C16H14N2O. The fourth-order valence-electron chi connectivity index (χ4n) is 1.49. The number of hydrogen-bond donors (Lipinski definition) is 1. The average Bonchev–Trinajstić information content (AvgIpc) is 2.45. The third kappa shape index (κ3) is 4.24. The van der Waals surface area contributed by atoms with Crippen LogP contribution in [-0.2, 0) is 0 Å². The molecule has 0 heterocycles. The Morgan fingerprint density at radius 2 is 1.58 bits per heavy atom. The van der Waals surface area contributed by atoms with Gasteiger partial charge in [0.25, 0.3) is 0 Å². The highest BCUT2D eigenvalue weighted by Crippen LogP contribution is 2.12. The summed E-state index contributed by atoms with van der Waals surface area (Å²) in [6.07, 6.45) is 6.88. The zero-order chi connectivity index (χ0) is 13.3. The van der Waals surface area contributed by atoms with Crippen molar-refractivity contribution < 1.29 is 5.11 Å². The van der Waals surface area contributed by atoms with Crippen LogP contribution in [-0.4, -0.2) is 17.5 Å². The highest BCUT2D eigenvalue weighted by Gasteiger charge is 1.93. The van der Waals surface area contributed by atoms with Gasteiger partial charge < -0.3 is 5.11 Å². The summed E-state index contributed by atoms with van der Waals surface area (Å²) < 4.78 is 0. The van der Waals surface area contributed by atoms with E-state index in [1.165, 1.54) is 6.21 Å². The van der Waals surface area contributed by atoms with Crippen molar-refractivity contribution >= 4 is 18.5 Å². The molecule has 3 heteroatoms. The molecule has 0 radical (unpaired) electrons. The van der Waals surface area contributed by atoms with E-state index in [1.807, 2.05) is 48.6 Å². The molecule has 3 nitrogen and oxygen atoms in total. The molecule has 0 fully saturated rings. The van der Waals surface area contributed by atoms with E-state index >= 15 is 0 Å². The summed E-state index contributed by atoms with van der Waals surface area (Å²) in [7, 11) is 0. The highest BCUT2D eigenvalue weighted by atomic mass is 16.3. The van der Waals surface area contributed by atoms with Crippen molar-refractivity contribution in [2.24, 2.45) is 10.2 Å². The van der Waals surface area contributed by atoms with Gasteiger partial charge in [0.2, 0.25) is 0 Å². The highest BCUT2D eigenvalue weighted by molar-refractivity contribution is 5.84. The van der Waals surface area contributed by atoms with Gasteiger partial charge in [-0.25, -0.2) is 0 Å². The molecule has 2 aromatic carbocycles. The number of aromatic hydroxyl groups is 1. The maximum Gasteiger partial charge on any atom is 0.124 e. The first-order valence-electron chi connectivity index (χ1n) is 5.92. The number of benzene rings is 2. The third-order valence-corrected chi connectivity index (χ3v) is 2.44. The summed E-state index contributed by atoms with van der Waals surface area (Å²) in [6.45, 7) is 0. The van der Waals surface area contributed by atoms with E-state index in [9.17, 15) is 5.11 Å². The van der Waals surface area contributed by atoms with E-state index in [4.69, 9.17) is 0 Å². The molecule has 0 atom stereocenters. The molecular weight excluding hydrogens is 236 g/mol. The fraction of sp³-hybridized carbons (Fsp3) is 0. The second kappa shape index (κ2) is 6.91. The SMILES string of the molecule is Oc1ccccc1/C=N/N=C/C=Cc1ccccc1. The molecule has 0 aliphatic rings. The lowest BCUT2D eigenvalue weighted by molar-refractivity contribution is 0.474. The van der Waals surface area contributed by atoms with Crippen LogP contribution in [0.15, 0.2) is 70.9 Å². The van der Waals surface area contributed by atoms with Gasteiger partial charge in [-0.05, 0) is 23.8 Å². The van der Waals surface area contributed by atoms with E-state index < -0.39 is 0 Å². The molecule has 0 unspecified atom stereocenters. The van der Waals surface area contributed by atoms with E-state index in [0.29, 0.717) is 5.56 Å². The molecule has 0 aromatic heterocycles. The molecule has 1 N–H and O–H groups in total. The molecule has 2 rings (SSSR count). The maximum atomic E-state index is 9.50. The Hall–Kier alpha value is -2.68. The summed E-state index contributed by atoms with van der Waals surface area (Å²) in [6, 6.07) is 16.9. The van der Waals surface area contributed by atoms with Crippen molar-refractivity contribution in [1.82, 2.24) is 0 Å². The minimum atomic E-state index is 0.196. The number of nitrogens with zero attached hydrogens (tertiary/aromatic N) is 2. The molecule has 2 aromatic rings. The van der Waals surface area contributed by atoms with Crippen LogP contribution in [0.5, 0.6) is 5.75 Å². The van der Waals surface area contributed by atoms with Crippen LogP contribution in [0, 0.1) is 0 Å². The van der Waals surface area contributed by atoms with Crippen molar-refractivity contribution in [3.63, 3.8) is 0 Å². The van der Waals surface area contributed by atoms with E-state index in [1.54, 1.807) is 24.4 Å². The number of para-hydroxylation sites is 1. The van der Waals surface area contributed by atoms with E-state index in [2.05, 4.69) is 10.2 Å². The quantitative estimate of drug-likeness (QED) is 0.655. The first-order valence-corrected chi connectivity index (χ1v) is 5.92. The van der Waals surface area contributed by atoms with Crippen LogP contribution >= 0.6 is 0 Å². The Labute approximate surface area is 112 Å². The fourth-order valence-corrected chi connectivity index (χ4v) is 1.49. The van der Waals surface area contributed by atoms with E-state index in [-0.39, 0.29) is 5.75 Å². The second-order valence-corrected chi connectivity index (χ2v) is 3.84. The standard InChI is InChI=1S/C16H14N2O/c19-16-11-5-4-10-15(16)13-18-17-12-6-9-14-7-2-1-3-8-14/h1-13,19H/b9-6?,17-12+,18-13+. The van der Waals surface area contributed by atoms with Gasteiger partial charge in [-0.1, -0.05) is 48.5 Å². The molecule has 0 aliphatic carbocycles. The lowest BCUT2D eigenvalue weighted by Gasteiger charge is -1.94. The monoisotopic (exact) mass is 250 g/mol. The minimum Gasteiger partial charge on any atom is -0.507 e. The normalized spacial score (nSPS) is 11.8. The number of rotatable bonds is 4. The van der Waals surface area contributed by atoms with Crippen molar-refractivity contribution in [2.75, 3.05) is 0 Å². The van der Waals surface area contributed by atoms with Gasteiger partial charge in [-0.15, -0.1) is 0 Å². The van der Waals surface area contributed by atoms with Crippen LogP contribution in [0.3, 0.4) is 0 Å². The van der Waals surface area contributed by atoms with Crippen LogP contribution in [0.2, 0.25) is 0 Å². The molecule has 19 heavy (non-hydrogen) atoms. The topological polar surface area (TPSA) is 45.0 Å². The Kier molecular flexibility index (Phi) is 4.64. The number of phenols is 1. The Morgan fingerprint density at radius 3 is 2.37 bits per heavy atom. The van der Waals surface area contributed by atoms with Crippen LogP contribution < -0.4 is 0 Å². The predicted molar refractivity (Wildman–Crippen MR) is 79.7 cm³/mol. The van der Waals surface area contributed by atoms with Crippen LogP contribution in [0.4, 0.5) is 0 Å². The van der Waals surface area contributed by atoms with Gasteiger partial charge in [-0.2, -0.15) is 10.2 Å². The van der Waals surface area contributed by atoms with E-state index in [0.717, 1.165) is 5.56 Å². The van der Waals surface area contributed by atoms with Gasteiger partial charge in [-0.3, -0.25) is 0 Å². The lowest BCUT2D eigenvalue weighted by Crippen LogP contribution is -1.80. The molecule has 0 spiro atoms. The smallest absolute Gasteiger partial charge is 0.124 e. The van der Waals surface area contributed by atoms with Gasteiger partial charge in [0, 0.05) is 11.8 Å². The largest absolute Gasteiger partial charge is 0.507 e. The third-order valence-electron chi connectivity index (χ3n) is 2.44. The molecule has 0 aliphatic heterocycles. The summed E-state index contributed by atoms with van der Waals surface area (Å²) in [5.41, 5.74) is 1.75. The van der Waals surface area contributed by atoms with Gasteiger partial charge in [0.1, 0.15) is 5.75 Å². The molecule has 94 valence electrons. The summed E-state index contributed by atoms with van der Waals surface area (Å²) in [5.74, 6) is 0.196. The zero-order valence-corrected chi connectivity index (χ0v) is 10.3. The number of hydrogen-bond acceptors (Lipinski definition) is 3. The van der Waals surface area contributed by atoms with Gasteiger partial charge in [0.05, 0.1) is 6.21 Å². The average molecular weight is 250 g/mol. The first kappa shape index (κ1) is 12.8. The predicted octanol–water partition coefficient (Wildman–Crippen LogP) is 3.51. The Morgan fingerprint density at radius 1 is 0.842 bits per heavy atom. The molecule has 0 saturated carbocycles. The van der Waals surface area contributed by atoms with Crippen molar-refractivity contribution in [2.45, 2.75) is 0 Å². The van der Waals surface area contributed by atoms with Gasteiger partial charge >= 0.3 is 0 Å². The summed E-state index contributed by atoms with van der Waals surface area (Å²) >= 11 is 0. The molecule has 0 bridgehead atoms. The van der Waals surface area contributed by atoms with Crippen molar-refractivity contribution in [1.29, 1.82) is 0 Å². The number of phenolic OH excluding ortho intramolecular Hbond substituents is 1. The van der Waals surface area contributed by atoms with Gasteiger partial charge in [0.15, 0.2) is 0 Å². The number of allylic oxidation sites excluding steroid dienone is 1. The Bertz CT molecular complexity index is 601. The van der Waals surface area contributed by atoms with Crippen LogP contribution in [0.25, 0.3) is 6.08 Å². The summed E-state index contributed by atoms with van der Waals surface area (Å²) in [4.78, 5) is 0.